The predicted molar refractivity (Wildman–Crippen MR) is 65.2 cm³/mol. The first-order chi connectivity index (χ1) is 8.34. The van der Waals surface area contributed by atoms with E-state index in [-0.39, 0.29) is 24.2 Å². The van der Waals surface area contributed by atoms with E-state index in [0.29, 0.717) is 0 Å². The van der Waals surface area contributed by atoms with Crippen LogP contribution in [0.25, 0.3) is 0 Å². The zero-order valence-corrected chi connectivity index (χ0v) is 11.4. The fourth-order valence-electron chi connectivity index (χ4n) is 2.71. The van der Waals surface area contributed by atoms with Crippen LogP contribution in [0.1, 0.15) is 33.6 Å². The Labute approximate surface area is 107 Å². The zero-order chi connectivity index (χ0) is 13.4. The highest BCUT2D eigenvalue weighted by Gasteiger charge is 2.54. The molecule has 2 aliphatic rings. The Morgan fingerprint density at radius 2 is 2.00 bits per heavy atom. The summed E-state index contributed by atoms with van der Waals surface area (Å²) in [6, 6.07) is 0. The highest BCUT2D eigenvalue weighted by Crippen LogP contribution is 2.49. The standard InChI is InChI=1S/C13H22FNO3/c1-12(2,3)18-11(16)15-8-13(9-15)6-10(7-13)17-5-4-14/h10H,4-9H2,1-3H3. The minimum absolute atomic E-state index is 0.182. The molecule has 0 aromatic carbocycles. The van der Waals surface area contributed by atoms with Crippen molar-refractivity contribution in [3.63, 3.8) is 0 Å². The monoisotopic (exact) mass is 259 g/mol. The van der Waals surface area contributed by atoms with Crippen LogP contribution in [0.4, 0.5) is 9.18 Å². The van der Waals surface area contributed by atoms with Gasteiger partial charge in [0.1, 0.15) is 12.3 Å². The maximum absolute atomic E-state index is 11.9. The minimum atomic E-state index is -0.438. The third kappa shape index (κ3) is 2.94. The molecular formula is C13H22FNO3. The smallest absolute Gasteiger partial charge is 0.410 e. The molecule has 1 saturated heterocycles. The second-order valence-electron chi connectivity index (χ2n) is 6.43. The maximum atomic E-state index is 11.9. The second-order valence-corrected chi connectivity index (χ2v) is 6.43. The van der Waals surface area contributed by atoms with Crippen molar-refractivity contribution >= 4 is 6.09 Å². The van der Waals surface area contributed by atoms with Crippen molar-refractivity contribution in [2.45, 2.75) is 45.3 Å². The van der Waals surface area contributed by atoms with Gasteiger partial charge in [-0.2, -0.15) is 0 Å². The lowest BCUT2D eigenvalue weighted by atomic mass is 9.62. The van der Waals surface area contributed by atoms with E-state index in [2.05, 4.69) is 0 Å². The number of carbonyl (C=O) groups is 1. The van der Waals surface area contributed by atoms with Gasteiger partial charge in [0.25, 0.3) is 0 Å². The lowest BCUT2D eigenvalue weighted by Gasteiger charge is -2.58. The molecule has 1 aliphatic carbocycles. The molecule has 1 amide bonds. The van der Waals surface area contributed by atoms with Crippen molar-refractivity contribution in [1.29, 1.82) is 0 Å². The van der Waals surface area contributed by atoms with Gasteiger partial charge in [-0.1, -0.05) is 0 Å². The van der Waals surface area contributed by atoms with E-state index in [1.165, 1.54) is 0 Å². The number of hydrogen-bond donors (Lipinski definition) is 0. The summed E-state index contributed by atoms with van der Waals surface area (Å²) in [5.41, 5.74) is -0.218. The van der Waals surface area contributed by atoms with E-state index in [4.69, 9.17) is 9.47 Å². The van der Waals surface area contributed by atoms with Crippen molar-refractivity contribution in [3.05, 3.63) is 0 Å². The van der Waals surface area contributed by atoms with E-state index in [9.17, 15) is 9.18 Å². The first kappa shape index (κ1) is 13.6. The lowest BCUT2D eigenvalue weighted by Crippen LogP contribution is -2.65. The van der Waals surface area contributed by atoms with Gasteiger partial charge in [0, 0.05) is 18.5 Å². The Kier molecular flexibility index (Phi) is 3.54. The Hall–Kier alpha value is -0.840. The molecular weight excluding hydrogens is 237 g/mol. The Morgan fingerprint density at radius 3 is 2.50 bits per heavy atom. The van der Waals surface area contributed by atoms with Crippen molar-refractivity contribution in [1.82, 2.24) is 4.90 Å². The molecule has 0 radical (unpaired) electrons. The number of alkyl halides is 1. The lowest BCUT2D eigenvalue weighted by molar-refractivity contribution is -0.147. The average Bonchev–Trinajstić information content (AvgIpc) is 2.09. The van der Waals surface area contributed by atoms with Gasteiger partial charge in [-0.3, -0.25) is 0 Å². The van der Waals surface area contributed by atoms with Gasteiger partial charge in [0.05, 0.1) is 12.7 Å². The van der Waals surface area contributed by atoms with Crippen LogP contribution in [0.5, 0.6) is 0 Å². The van der Waals surface area contributed by atoms with E-state index in [1.807, 2.05) is 20.8 Å². The van der Waals surface area contributed by atoms with Gasteiger partial charge >= 0.3 is 6.09 Å². The minimum Gasteiger partial charge on any atom is -0.444 e. The Morgan fingerprint density at radius 1 is 1.39 bits per heavy atom. The summed E-state index contributed by atoms with van der Waals surface area (Å²) < 4.78 is 22.6. The third-order valence-corrected chi connectivity index (χ3v) is 3.46. The molecule has 18 heavy (non-hydrogen) atoms. The summed E-state index contributed by atoms with van der Waals surface area (Å²) in [4.78, 5) is 13.5. The summed E-state index contributed by atoms with van der Waals surface area (Å²) in [5, 5.41) is 0. The summed E-state index contributed by atoms with van der Waals surface area (Å²) in [7, 11) is 0. The quantitative estimate of drug-likeness (QED) is 0.781. The number of hydrogen-bond acceptors (Lipinski definition) is 3. The van der Waals surface area contributed by atoms with E-state index in [0.717, 1.165) is 25.9 Å². The molecule has 104 valence electrons. The summed E-state index contributed by atoms with van der Waals surface area (Å²) in [6.45, 7) is 6.86. The molecule has 1 spiro atoms. The maximum Gasteiger partial charge on any atom is 0.410 e. The van der Waals surface area contributed by atoms with Gasteiger partial charge in [0.15, 0.2) is 0 Å². The molecule has 0 bridgehead atoms. The fraction of sp³-hybridized carbons (Fsp3) is 0.923. The highest BCUT2D eigenvalue weighted by molar-refractivity contribution is 5.69. The second kappa shape index (κ2) is 4.68. The number of halogens is 1. The molecule has 0 aromatic rings. The Bertz CT molecular complexity index is 313. The summed E-state index contributed by atoms with van der Waals surface area (Å²) in [6.07, 6.45) is 1.82. The van der Waals surface area contributed by atoms with Gasteiger partial charge < -0.3 is 14.4 Å². The number of rotatable bonds is 3. The van der Waals surface area contributed by atoms with Crippen LogP contribution in [0.15, 0.2) is 0 Å². The first-order valence-electron chi connectivity index (χ1n) is 6.49. The molecule has 4 nitrogen and oxygen atoms in total. The SMILES string of the molecule is CC(C)(C)OC(=O)N1CC2(CC(OCCF)C2)C1. The van der Waals surface area contributed by atoms with Crippen LogP contribution in [-0.4, -0.2) is 49.1 Å². The number of carbonyl (C=O) groups excluding carboxylic acids is 1. The number of ether oxygens (including phenoxy) is 2. The molecule has 2 fully saturated rings. The molecule has 0 atom stereocenters. The fourth-order valence-corrected chi connectivity index (χ4v) is 2.71. The van der Waals surface area contributed by atoms with Crippen LogP contribution < -0.4 is 0 Å². The normalized spacial score (nSPS) is 22.6. The molecule has 0 unspecified atom stereocenters. The van der Waals surface area contributed by atoms with Gasteiger partial charge in [-0.25, -0.2) is 9.18 Å². The van der Waals surface area contributed by atoms with E-state index in [1.54, 1.807) is 4.90 Å². The summed E-state index contributed by atoms with van der Waals surface area (Å²) in [5.74, 6) is 0. The number of amides is 1. The van der Waals surface area contributed by atoms with Crippen LogP contribution in [-0.2, 0) is 9.47 Å². The topological polar surface area (TPSA) is 38.8 Å². The van der Waals surface area contributed by atoms with Crippen molar-refractivity contribution < 1.29 is 18.7 Å². The molecule has 1 aliphatic heterocycles. The van der Waals surface area contributed by atoms with Crippen molar-refractivity contribution in [2.75, 3.05) is 26.4 Å². The largest absolute Gasteiger partial charge is 0.444 e. The third-order valence-electron chi connectivity index (χ3n) is 3.46. The van der Waals surface area contributed by atoms with Gasteiger partial charge in [-0.15, -0.1) is 0 Å². The molecule has 2 rings (SSSR count). The van der Waals surface area contributed by atoms with Crippen molar-refractivity contribution in [3.8, 4) is 0 Å². The Balaban J connectivity index is 1.67. The molecule has 0 N–H and O–H groups in total. The molecule has 0 aromatic heterocycles. The van der Waals surface area contributed by atoms with Crippen LogP contribution >= 0.6 is 0 Å². The van der Waals surface area contributed by atoms with Gasteiger partial charge in [0.2, 0.25) is 0 Å². The molecule has 1 saturated carbocycles. The predicted octanol–water partition coefficient (Wildman–Crippen LogP) is 2.37. The molecule has 1 heterocycles. The molecule has 5 heteroatoms. The number of nitrogens with zero attached hydrogens (tertiary/aromatic N) is 1. The zero-order valence-electron chi connectivity index (χ0n) is 11.4. The van der Waals surface area contributed by atoms with Crippen LogP contribution in [0, 0.1) is 5.41 Å². The first-order valence-corrected chi connectivity index (χ1v) is 6.49. The average molecular weight is 259 g/mol. The van der Waals surface area contributed by atoms with Crippen molar-refractivity contribution in [2.24, 2.45) is 5.41 Å². The van der Waals surface area contributed by atoms with E-state index >= 15 is 0 Å². The summed E-state index contributed by atoms with van der Waals surface area (Å²) >= 11 is 0. The van der Waals surface area contributed by atoms with Crippen LogP contribution in [0.3, 0.4) is 0 Å². The van der Waals surface area contributed by atoms with Gasteiger partial charge in [-0.05, 0) is 33.6 Å². The van der Waals surface area contributed by atoms with E-state index < -0.39 is 12.3 Å². The number of likely N-dealkylation sites (tertiary alicyclic amines) is 1. The van der Waals surface area contributed by atoms with Crippen LogP contribution in [0.2, 0.25) is 0 Å². The highest BCUT2D eigenvalue weighted by atomic mass is 19.1.